The maximum atomic E-state index is 6.13. The van der Waals surface area contributed by atoms with E-state index in [4.69, 9.17) is 4.74 Å². The van der Waals surface area contributed by atoms with Gasteiger partial charge < -0.3 is 10.1 Å². The zero-order valence-corrected chi connectivity index (χ0v) is 14.6. The summed E-state index contributed by atoms with van der Waals surface area (Å²) in [5.41, 5.74) is 3.69. The second-order valence-corrected chi connectivity index (χ2v) is 6.78. The van der Waals surface area contributed by atoms with E-state index in [1.54, 1.807) is 6.20 Å². The first-order chi connectivity index (χ1) is 12.8. The highest BCUT2D eigenvalue weighted by molar-refractivity contribution is 5.91. The lowest BCUT2D eigenvalue weighted by Gasteiger charge is -2.10. The number of nitrogens with one attached hydrogen (secondary N) is 2. The number of H-pyrrole nitrogens is 1. The minimum Gasteiger partial charge on any atom is -0.473 e. The number of aryl methyl sites for hydroxylation is 1. The van der Waals surface area contributed by atoms with Crippen LogP contribution in [-0.2, 0) is 7.05 Å². The summed E-state index contributed by atoms with van der Waals surface area (Å²) in [5, 5.41) is 16.3. The molecule has 3 heterocycles. The molecule has 1 saturated carbocycles. The predicted molar refractivity (Wildman–Crippen MR) is 101 cm³/mol. The van der Waals surface area contributed by atoms with Crippen molar-refractivity contribution < 1.29 is 4.74 Å². The Bertz CT molecular complexity index is 1080. The Morgan fingerprint density at radius 2 is 2.12 bits per heavy atom. The van der Waals surface area contributed by atoms with Gasteiger partial charge in [-0.05, 0) is 56.0 Å². The molecule has 26 heavy (non-hydrogen) atoms. The van der Waals surface area contributed by atoms with Crippen LogP contribution in [-0.4, -0.2) is 31.1 Å². The van der Waals surface area contributed by atoms with Crippen molar-refractivity contribution >= 4 is 33.4 Å². The number of ether oxygens (including phenoxy) is 1. The van der Waals surface area contributed by atoms with Crippen molar-refractivity contribution in [3.63, 3.8) is 0 Å². The second-order valence-electron chi connectivity index (χ2n) is 6.78. The van der Waals surface area contributed by atoms with Crippen LogP contribution >= 0.6 is 0 Å². The Hall–Kier alpha value is -3.09. The highest BCUT2D eigenvalue weighted by Gasteiger charge is 2.20. The highest BCUT2D eigenvalue weighted by atomic mass is 16.5. The van der Waals surface area contributed by atoms with Crippen molar-refractivity contribution in [2.45, 2.75) is 31.8 Å². The van der Waals surface area contributed by atoms with Gasteiger partial charge in [-0.2, -0.15) is 5.10 Å². The van der Waals surface area contributed by atoms with Crippen molar-refractivity contribution in [2.75, 3.05) is 5.32 Å². The number of benzene rings is 1. The third-order valence-electron chi connectivity index (χ3n) is 4.98. The molecular formula is C19H20N6O. The van der Waals surface area contributed by atoms with Crippen LogP contribution in [0.3, 0.4) is 0 Å². The van der Waals surface area contributed by atoms with E-state index < -0.39 is 0 Å². The van der Waals surface area contributed by atoms with Gasteiger partial charge >= 0.3 is 0 Å². The maximum Gasteiger partial charge on any atom is 0.241 e. The number of aromatic amines is 1. The standard InChI is InChI=1S/C19H20N6O/c1-25-16-11-12(21-18-17-15(22-23-18)7-4-10-20-17)8-9-14(16)19(24-25)26-13-5-2-3-6-13/h4,7-11,13H,2-3,5-6H2,1H3,(H2,21,22,23). The summed E-state index contributed by atoms with van der Waals surface area (Å²) < 4.78 is 8.00. The van der Waals surface area contributed by atoms with Crippen LogP contribution in [0, 0.1) is 0 Å². The van der Waals surface area contributed by atoms with Crippen molar-refractivity contribution in [1.29, 1.82) is 0 Å². The number of nitrogens with zero attached hydrogens (tertiary/aromatic N) is 4. The van der Waals surface area contributed by atoms with Gasteiger partial charge in [0, 0.05) is 18.9 Å². The Morgan fingerprint density at radius 3 is 3.00 bits per heavy atom. The number of hydrogen-bond acceptors (Lipinski definition) is 5. The third kappa shape index (κ3) is 2.56. The lowest BCUT2D eigenvalue weighted by atomic mass is 10.2. The van der Waals surface area contributed by atoms with Gasteiger partial charge in [0.25, 0.3) is 0 Å². The minimum atomic E-state index is 0.299. The first-order valence-electron chi connectivity index (χ1n) is 8.97. The lowest BCUT2D eigenvalue weighted by molar-refractivity contribution is 0.202. The SMILES string of the molecule is Cn1nc(OC2CCCC2)c2ccc(Nc3n[nH]c4cccnc34)cc21. The number of hydrogen-bond donors (Lipinski definition) is 2. The molecule has 0 aliphatic heterocycles. The van der Waals surface area contributed by atoms with Crippen LogP contribution in [0.4, 0.5) is 11.5 Å². The largest absolute Gasteiger partial charge is 0.473 e. The molecule has 0 atom stereocenters. The zero-order chi connectivity index (χ0) is 17.5. The smallest absolute Gasteiger partial charge is 0.241 e. The van der Waals surface area contributed by atoms with E-state index in [0.717, 1.165) is 46.3 Å². The molecule has 0 bridgehead atoms. The molecule has 1 fully saturated rings. The molecule has 0 spiro atoms. The van der Waals surface area contributed by atoms with Gasteiger partial charge in [-0.3, -0.25) is 14.8 Å². The Balaban J connectivity index is 1.47. The minimum absolute atomic E-state index is 0.299. The molecule has 0 amide bonds. The second kappa shape index (κ2) is 6.01. The third-order valence-corrected chi connectivity index (χ3v) is 4.98. The molecule has 132 valence electrons. The van der Waals surface area contributed by atoms with Crippen LogP contribution in [0.15, 0.2) is 36.5 Å². The van der Waals surface area contributed by atoms with E-state index in [1.165, 1.54) is 12.8 Å². The molecule has 5 rings (SSSR count). The highest BCUT2D eigenvalue weighted by Crippen LogP contribution is 2.32. The number of pyridine rings is 1. The lowest BCUT2D eigenvalue weighted by Crippen LogP contribution is -2.11. The molecule has 3 aromatic heterocycles. The summed E-state index contributed by atoms with van der Waals surface area (Å²) >= 11 is 0. The number of anilines is 2. The number of rotatable bonds is 4. The maximum absolute atomic E-state index is 6.13. The molecule has 7 heteroatoms. The summed E-state index contributed by atoms with van der Waals surface area (Å²) in [6, 6.07) is 9.98. The summed E-state index contributed by atoms with van der Waals surface area (Å²) in [6.45, 7) is 0. The molecule has 0 unspecified atom stereocenters. The van der Waals surface area contributed by atoms with Crippen LogP contribution in [0.5, 0.6) is 5.88 Å². The van der Waals surface area contributed by atoms with Crippen LogP contribution in [0.1, 0.15) is 25.7 Å². The molecule has 4 aromatic rings. The average molecular weight is 348 g/mol. The first kappa shape index (κ1) is 15.2. The summed E-state index contributed by atoms with van der Waals surface area (Å²) in [6.07, 6.45) is 6.80. The molecular weight excluding hydrogens is 328 g/mol. The molecule has 1 aliphatic carbocycles. The van der Waals surface area contributed by atoms with E-state index in [9.17, 15) is 0 Å². The monoisotopic (exact) mass is 348 g/mol. The molecule has 0 saturated heterocycles. The number of fused-ring (bicyclic) bond motifs is 2. The van der Waals surface area contributed by atoms with Gasteiger partial charge in [0.1, 0.15) is 11.6 Å². The molecule has 2 N–H and O–H groups in total. The van der Waals surface area contributed by atoms with Crippen LogP contribution in [0.25, 0.3) is 21.9 Å². The van der Waals surface area contributed by atoms with Crippen molar-refractivity contribution in [2.24, 2.45) is 7.05 Å². The van der Waals surface area contributed by atoms with E-state index >= 15 is 0 Å². The van der Waals surface area contributed by atoms with Gasteiger partial charge in [-0.25, -0.2) is 0 Å². The van der Waals surface area contributed by atoms with Crippen LogP contribution < -0.4 is 10.1 Å². The fourth-order valence-electron chi connectivity index (χ4n) is 3.63. The molecule has 0 radical (unpaired) electrons. The molecule has 1 aromatic carbocycles. The van der Waals surface area contributed by atoms with E-state index in [2.05, 4.69) is 37.7 Å². The Morgan fingerprint density at radius 1 is 1.23 bits per heavy atom. The van der Waals surface area contributed by atoms with Gasteiger partial charge in [0.05, 0.1) is 16.4 Å². The average Bonchev–Trinajstić information content (AvgIpc) is 3.37. The van der Waals surface area contributed by atoms with E-state index in [-0.39, 0.29) is 0 Å². The summed E-state index contributed by atoms with van der Waals surface area (Å²) in [7, 11) is 1.94. The zero-order valence-electron chi connectivity index (χ0n) is 14.6. The first-order valence-corrected chi connectivity index (χ1v) is 8.97. The van der Waals surface area contributed by atoms with Gasteiger partial charge in [-0.1, -0.05) is 0 Å². The fraction of sp³-hybridized carbons (Fsp3) is 0.316. The van der Waals surface area contributed by atoms with Gasteiger partial charge in [0.15, 0.2) is 5.82 Å². The van der Waals surface area contributed by atoms with Gasteiger partial charge in [0.2, 0.25) is 5.88 Å². The quantitative estimate of drug-likeness (QED) is 0.584. The summed E-state index contributed by atoms with van der Waals surface area (Å²) in [5.74, 6) is 1.44. The van der Waals surface area contributed by atoms with E-state index in [1.807, 2.05) is 29.9 Å². The predicted octanol–water partition coefficient (Wildman–Crippen LogP) is 3.91. The van der Waals surface area contributed by atoms with E-state index in [0.29, 0.717) is 11.9 Å². The summed E-state index contributed by atoms with van der Waals surface area (Å²) in [4.78, 5) is 4.38. The Kier molecular flexibility index (Phi) is 3.51. The molecule has 1 aliphatic rings. The van der Waals surface area contributed by atoms with Crippen molar-refractivity contribution in [3.8, 4) is 5.88 Å². The van der Waals surface area contributed by atoms with Crippen molar-refractivity contribution in [3.05, 3.63) is 36.5 Å². The van der Waals surface area contributed by atoms with Crippen molar-refractivity contribution in [1.82, 2.24) is 25.0 Å². The fourth-order valence-corrected chi connectivity index (χ4v) is 3.63. The normalized spacial score (nSPS) is 15.1. The Labute approximate surface area is 150 Å². The number of aromatic nitrogens is 5. The molecule has 7 nitrogen and oxygen atoms in total. The van der Waals surface area contributed by atoms with Gasteiger partial charge in [-0.15, -0.1) is 5.10 Å². The van der Waals surface area contributed by atoms with Crippen LogP contribution in [0.2, 0.25) is 0 Å². The topological polar surface area (TPSA) is 80.6 Å².